The number of halogens is 1. The van der Waals surface area contributed by atoms with Crippen molar-refractivity contribution in [2.45, 2.75) is 51.2 Å². The molecule has 114 valence electrons. The van der Waals surface area contributed by atoms with E-state index in [1.807, 2.05) is 36.1 Å². The van der Waals surface area contributed by atoms with Gasteiger partial charge in [-0.2, -0.15) is 0 Å². The summed E-state index contributed by atoms with van der Waals surface area (Å²) in [6, 6.07) is 7.82. The second kappa shape index (κ2) is 5.62. The Bertz CT molecular complexity index is 526. The quantitative estimate of drug-likeness (QED) is 0.919. The lowest BCUT2D eigenvalue weighted by atomic mass is 9.85. The van der Waals surface area contributed by atoms with Gasteiger partial charge in [-0.3, -0.25) is 10.1 Å². The average Bonchev–Trinajstić information content (AvgIpc) is 2.69. The van der Waals surface area contributed by atoms with Crippen LogP contribution in [0.2, 0.25) is 5.02 Å². The lowest BCUT2D eigenvalue weighted by Crippen LogP contribution is -2.43. The van der Waals surface area contributed by atoms with Gasteiger partial charge in [0.2, 0.25) is 5.91 Å². The lowest BCUT2D eigenvalue weighted by molar-refractivity contribution is -0.134. The van der Waals surface area contributed by atoms with Crippen LogP contribution in [0.25, 0.3) is 0 Å². The first-order chi connectivity index (χ1) is 10.0. The molecule has 1 aromatic carbocycles. The summed E-state index contributed by atoms with van der Waals surface area (Å²) in [7, 11) is 0. The van der Waals surface area contributed by atoms with Gasteiger partial charge < -0.3 is 4.90 Å². The van der Waals surface area contributed by atoms with Crippen molar-refractivity contribution in [1.82, 2.24) is 10.2 Å². The second-order valence-electron chi connectivity index (χ2n) is 6.54. The molecule has 2 aliphatic rings. The smallest absolute Gasteiger partial charge is 0.244 e. The molecule has 1 aliphatic heterocycles. The van der Waals surface area contributed by atoms with E-state index < -0.39 is 5.54 Å². The predicted molar refractivity (Wildman–Crippen MR) is 85.1 cm³/mol. The van der Waals surface area contributed by atoms with E-state index in [4.69, 9.17) is 11.6 Å². The Balaban J connectivity index is 1.87. The molecule has 1 saturated heterocycles. The van der Waals surface area contributed by atoms with Crippen molar-refractivity contribution in [3.05, 3.63) is 34.9 Å². The molecule has 1 N–H and O–H groups in total. The van der Waals surface area contributed by atoms with Crippen molar-refractivity contribution >= 4 is 17.5 Å². The predicted octanol–water partition coefficient (Wildman–Crippen LogP) is 3.74. The summed E-state index contributed by atoms with van der Waals surface area (Å²) in [4.78, 5) is 14.9. The Morgan fingerprint density at radius 2 is 2.00 bits per heavy atom. The maximum absolute atomic E-state index is 12.8. The summed E-state index contributed by atoms with van der Waals surface area (Å²) in [5, 5.41) is 4.27. The van der Waals surface area contributed by atoms with Crippen molar-refractivity contribution < 1.29 is 4.79 Å². The molecule has 21 heavy (non-hydrogen) atoms. The summed E-state index contributed by atoms with van der Waals surface area (Å²) >= 11 is 5.98. The standard InChI is InChI=1S/C17H23ClN2O/c1-3-17(2)16(21)20(11-12-5-4-6-12)15(19-17)13-7-9-14(18)10-8-13/h7-10,12,15,19H,3-6,11H2,1-2H3. The topological polar surface area (TPSA) is 32.3 Å². The SMILES string of the molecule is CCC1(C)NC(c2ccc(Cl)cc2)N(CC2CCC2)C1=O. The van der Waals surface area contributed by atoms with Gasteiger partial charge in [-0.1, -0.05) is 37.1 Å². The fourth-order valence-corrected chi connectivity index (χ4v) is 3.31. The number of carbonyl (C=O) groups is 1. The van der Waals surface area contributed by atoms with Crippen LogP contribution in [-0.2, 0) is 4.79 Å². The van der Waals surface area contributed by atoms with E-state index in [0.717, 1.165) is 23.6 Å². The molecule has 1 amide bonds. The Hall–Kier alpha value is -1.06. The molecule has 3 nitrogen and oxygen atoms in total. The van der Waals surface area contributed by atoms with Gasteiger partial charge in [-0.25, -0.2) is 0 Å². The normalized spacial score (nSPS) is 29.8. The molecular weight excluding hydrogens is 284 g/mol. The van der Waals surface area contributed by atoms with Crippen LogP contribution < -0.4 is 5.32 Å². The van der Waals surface area contributed by atoms with Gasteiger partial charge in [0.25, 0.3) is 0 Å². The molecule has 4 heteroatoms. The van der Waals surface area contributed by atoms with Crippen LogP contribution >= 0.6 is 11.6 Å². The van der Waals surface area contributed by atoms with Crippen LogP contribution in [0.1, 0.15) is 51.3 Å². The molecule has 0 aromatic heterocycles. The molecule has 1 saturated carbocycles. The van der Waals surface area contributed by atoms with E-state index in [-0.39, 0.29) is 12.1 Å². The van der Waals surface area contributed by atoms with E-state index in [1.54, 1.807) is 0 Å². The molecule has 0 spiro atoms. The average molecular weight is 307 g/mol. The molecule has 0 radical (unpaired) electrons. The van der Waals surface area contributed by atoms with E-state index in [1.165, 1.54) is 19.3 Å². The van der Waals surface area contributed by atoms with Gasteiger partial charge in [0, 0.05) is 11.6 Å². The number of benzene rings is 1. The van der Waals surface area contributed by atoms with Crippen molar-refractivity contribution in [2.24, 2.45) is 5.92 Å². The van der Waals surface area contributed by atoms with E-state index >= 15 is 0 Å². The lowest BCUT2D eigenvalue weighted by Gasteiger charge is -2.33. The van der Waals surface area contributed by atoms with Gasteiger partial charge in [-0.15, -0.1) is 0 Å². The van der Waals surface area contributed by atoms with Gasteiger partial charge in [0.05, 0.1) is 5.54 Å². The third-order valence-electron chi connectivity index (χ3n) is 5.07. The zero-order valence-corrected chi connectivity index (χ0v) is 13.5. The molecule has 2 unspecified atom stereocenters. The molecule has 1 heterocycles. The maximum atomic E-state index is 12.8. The van der Waals surface area contributed by atoms with Crippen molar-refractivity contribution in [2.75, 3.05) is 6.54 Å². The first kappa shape index (κ1) is 14.9. The highest BCUT2D eigenvalue weighted by atomic mass is 35.5. The zero-order chi connectivity index (χ0) is 15.0. The fraction of sp³-hybridized carbons (Fsp3) is 0.588. The number of carbonyl (C=O) groups excluding carboxylic acids is 1. The Kier molecular flexibility index (Phi) is 3.98. The summed E-state index contributed by atoms with van der Waals surface area (Å²) in [5.41, 5.74) is 0.665. The van der Waals surface area contributed by atoms with Crippen LogP contribution in [0.15, 0.2) is 24.3 Å². The molecule has 3 rings (SSSR count). The largest absolute Gasteiger partial charge is 0.321 e. The van der Waals surface area contributed by atoms with Crippen LogP contribution in [0, 0.1) is 5.92 Å². The third-order valence-corrected chi connectivity index (χ3v) is 5.32. The second-order valence-corrected chi connectivity index (χ2v) is 6.97. The number of amides is 1. The van der Waals surface area contributed by atoms with Crippen LogP contribution in [0.5, 0.6) is 0 Å². The van der Waals surface area contributed by atoms with E-state index in [2.05, 4.69) is 12.2 Å². The van der Waals surface area contributed by atoms with Gasteiger partial charge in [-0.05, 0) is 49.8 Å². The minimum absolute atomic E-state index is 0.0275. The summed E-state index contributed by atoms with van der Waals surface area (Å²) in [6.45, 7) is 4.95. The number of rotatable bonds is 4. The summed E-state index contributed by atoms with van der Waals surface area (Å²) in [6.07, 6.45) is 4.58. The van der Waals surface area contributed by atoms with Gasteiger partial charge in [0.1, 0.15) is 6.17 Å². The minimum atomic E-state index is -0.450. The van der Waals surface area contributed by atoms with Crippen LogP contribution in [0.3, 0.4) is 0 Å². The number of nitrogens with one attached hydrogen (secondary N) is 1. The van der Waals surface area contributed by atoms with Gasteiger partial charge >= 0.3 is 0 Å². The number of hydrogen-bond donors (Lipinski definition) is 1. The molecule has 0 bridgehead atoms. The van der Waals surface area contributed by atoms with Crippen molar-refractivity contribution in [3.63, 3.8) is 0 Å². The molecule has 2 atom stereocenters. The fourth-order valence-electron chi connectivity index (χ4n) is 3.18. The molecular formula is C17H23ClN2O. The third kappa shape index (κ3) is 2.69. The first-order valence-electron chi connectivity index (χ1n) is 7.88. The molecule has 1 aliphatic carbocycles. The number of nitrogens with zero attached hydrogens (tertiary/aromatic N) is 1. The zero-order valence-electron chi connectivity index (χ0n) is 12.7. The highest BCUT2D eigenvalue weighted by molar-refractivity contribution is 6.30. The van der Waals surface area contributed by atoms with Crippen LogP contribution in [-0.4, -0.2) is 22.9 Å². The highest BCUT2D eigenvalue weighted by Gasteiger charge is 2.47. The van der Waals surface area contributed by atoms with Crippen LogP contribution in [0.4, 0.5) is 0 Å². The molecule has 1 aromatic rings. The highest BCUT2D eigenvalue weighted by Crippen LogP contribution is 2.36. The Morgan fingerprint density at radius 3 is 2.52 bits per heavy atom. The van der Waals surface area contributed by atoms with E-state index in [9.17, 15) is 4.79 Å². The first-order valence-corrected chi connectivity index (χ1v) is 8.25. The van der Waals surface area contributed by atoms with Crippen molar-refractivity contribution in [1.29, 1.82) is 0 Å². The monoisotopic (exact) mass is 306 g/mol. The van der Waals surface area contributed by atoms with Gasteiger partial charge in [0.15, 0.2) is 0 Å². The Labute approximate surface area is 131 Å². The minimum Gasteiger partial charge on any atom is -0.321 e. The summed E-state index contributed by atoms with van der Waals surface area (Å²) < 4.78 is 0. The Morgan fingerprint density at radius 1 is 1.33 bits per heavy atom. The van der Waals surface area contributed by atoms with E-state index in [0.29, 0.717) is 5.92 Å². The molecule has 2 fully saturated rings. The van der Waals surface area contributed by atoms with Crippen molar-refractivity contribution in [3.8, 4) is 0 Å². The summed E-state index contributed by atoms with van der Waals surface area (Å²) in [5.74, 6) is 0.904. The maximum Gasteiger partial charge on any atom is 0.244 e. The number of hydrogen-bond acceptors (Lipinski definition) is 2.